The van der Waals surface area contributed by atoms with Gasteiger partial charge in [0, 0.05) is 6.54 Å². The van der Waals surface area contributed by atoms with Gasteiger partial charge < -0.3 is 31.7 Å². The van der Waals surface area contributed by atoms with Crippen LogP contribution in [-0.2, 0) is 19.2 Å². The van der Waals surface area contributed by atoms with E-state index in [0.717, 1.165) is 12.8 Å². The molecule has 166 valence electrons. The number of carboxylic acids is 1. The normalized spacial score (nSPS) is 18.4. The number of aliphatic carboxylic acids is 1. The average Bonchev–Trinajstić information content (AvgIpc) is 3.16. The summed E-state index contributed by atoms with van der Waals surface area (Å²) in [6, 6.07) is -1.89. The third-order valence-corrected chi connectivity index (χ3v) is 5.09. The summed E-state index contributed by atoms with van der Waals surface area (Å²) in [5, 5.41) is 16.7. The van der Waals surface area contributed by atoms with Gasteiger partial charge in [0.05, 0.1) is 6.04 Å². The van der Waals surface area contributed by atoms with E-state index in [-0.39, 0.29) is 17.9 Å². The van der Waals surface area contributed by atoms with Crippen molar-refractivity contribution >= 4 is 23.7 Å². The molecule has 1 aliphatic heterocycles. The molecule has 10 nitrogen and oxygen atoms in total. The summed E-state index contributed by atoms with van der Waals surface area (Å²) in [6.45, 7) is 4.07. The van der Waals surface area contributed by atoms with Crippen LogP contribution in [-0.4, -0.2) is 78.5 Å². The van der Waals surface area contributed by atoms with Crippen LogP contribution in [0.3, 0.4) is 0 Å². The maximum absolute atomic E-state index is 12.9. The zero-order chi connectivity index (χ0) is 22.0. The molecule has 0 aromatic rings. The number of carboxylic acid groups (broad SMARTS) is 1. The molecule has 0 aliphatic carbocycles. The predicted octanol–water partition coefficient (Wildman–Crippen LogP) is -0.964. The smallest absolute Gasteiger partial charge is 0.322 e. The number of unbranched alkanes of at least 4 members (excludes halogenated alkanes) is 1. The molecule has 0 aromatic heterocycles. The van der Waals surface area contributed by atoms with Gasteiger partial charge in [0.2, 0.25) is 17.7 Å². The highest BCUT2D eigenvalue weighted by Gasteiger charge is 2.38. The quantitative estimate of drug-likeness (QED) is 0.258. The van der Waals surface area contributed by atoms with E-state index < -0.39 is 36.4 Å². The molecule has 0 unspecified atom stereocenters. The molecule has 1 heterocycles. The van der Waals surface area contributed by atoms with Crippen molar-refractivity contribution in [2.45, 2.75) is 64.1 Å². The molecule has 0 saturated carbocycles. The highest BCUT2D eigenvalue weighted by atomic mass is 16.4. The SMILES string of the molecule is CN[C@@H](CCCCN)C(=O)N1CCC[C@H]1C(=O)N[C@H](C(=O)NCC(=O)O)C(C)C. The third-order valence-electron chi connectivity index (χ3n) is 5.09. The van der Waals surface area contributed by atoms with Crippen LogP contribution in [0, 0.1) is 5.92 Å². The zero-order valence-corrected chi connectivity index (χ0v) is 17.6. The number of carbonyl (C=O) groups is 4. The van der Waals surface area contributed by atoms with Crippen molar-refractivity contribution in [3.8, 4) is 0 Å². The second kappa shape index (κ2) is 12.4. The Morgan fingerprint density at radius 2 is 1.90 bits per heavy atom. The number of nitrogens with zero attached hydrogens (tertiary/aromatic N) is 1. The van der Waals surface area contributed by atoms with Crippen molar-refractivity contribution < 1.29 is 24.3 Å². The Labute approximate surface area is 171 Å². The van der Waals surface area contributed by atoms with Gasteiger partial charge in [0.1, 0.15) is 18.6 Å². The van der Waals surface area contributed by atoms with Gasteiger partial charge in [-0.2, -0.15) is 0 Å². The van der Waals surface area contributed by atoms with Gasteiger partial charge in [-0.1, -0.05) is 20.3 Å². The molecule has 0 radical (unpaired) electrons. The second-order valence-electron chi connectivity index (χ2n) is 7.66. The molecule has 0 spiro atoms. The number of hydrogen-bond donors (Lipinski definition) is 5. The van der Waals surface area contributed by atoms with E-state index in [1.807, 2.05) is 0 Å². The van der Waals surface area contributed by atoms with Gasteiger partial charge in [0.25, 0.3) is 0 Å². The molecule has 10 heteroatoms. The van der Waals surface area contributed by atoms with Gasteiger partial charge in [0.15, 0.2) is 0 Å². The van der Waals surface area contributed by atoms with Crippen molar-refractivity contribution in [3.05, 3.63) is 0 Å². The van der Waals surface area contributed by atoms with Crippen LogP contribution in [0.1, 0.15) is 46.0 Å². The van der Waals surface area contributed by atoms with Crippen molar-refractivity contribution in [1.82, 2.24) is 20.9 Å². The van der Waals surface area contributed by atoms with Crippen LogP contribution in [0.2, 0.25) is 0 Å². The lowest BCUT2D eigenvalue weighted by Gasteiger charge is -2.30. The molecule has 0 bridgehead atoms. The molecule has 1 aliphatic rings. The third kappa shape index (κ3) is 7.62. The molecule has 1 rings (SSSR count). The minimum absolute atomic E-state index is 0.126. The number of likely N-dealkylation sites (tertiary alicyclic amines) is 1. The lowest BCUT2D eigenvalue weighted by Crippen LogP contribution is -2.57. The van der Waals surface area contributed by atoms with Crippen LogP contribution >= 0.6 is 0 Å². The Balaban J connectivity index is 2.78. The second-order valence-corrected chi connectivity index (χ2v) is 7.66. The number of nitrogens with one attached hydrogen (secondary N) is 3. The van der Waals surface area contributed by atoms with E-state index in [0.29, 0.717) is 32.4 Å². The molecule has 3 amide bonds. The van der Waals surface area contributed by atoms with Crippen LogP contribution in [0.4, 0.5) is 0 Å². The largest absolute Gasteiger partial charge is 0.480 e. The predicted molar refractivity (Wildman–Crippen MR) is 108 cm³/mol. The summed E-state index contributed by atoms with van der Waals surface area (Å²) in [6.07, 6.45) is 3.52. The first-order valence-electron chi connectivity index (χ1n) is 10.2. The minimum Gasteiger partial charge on any atom is -0.480 e. The Bertz CT molecular complexity index is 583. The van der Waals surface area contributed by atoms with E-state index in [1.165, 1.54) is 0 Å². The standard InChI is InChI=1S/C19H35N5O5/c1-12(2)16(18(28)22-11-15(25)26)23-17(27)14-8-6-10-24(14)19(29)13(21-3)7-4-5-9-20/h12-14,16,21H,4-11,20H2,1-3H3,(H,22,28)(H,23,27)(H,25,26)/t13-,14-,16-/m0/s1. The lowest BCUT2D eigenvalue weighted by molar-refractivity contribution is -0.141. The highest BCUT2D eigenvalue weighted by Crippen LogP contribution is 2.20. The monoisotopic (exact) mass is 413 g/mol. The van der Waals surface area contributed by atoms with Crippen LogP contribution in [0.5, 0.6) is 0 Å². The number of nitrogens with two attached hydrogens (primary N) is 1. The van der Waals surface area contributed by atoms with Gasteiger partial charge >= 0.3 is 5.97 Å². The summed E-state index contributed by atoms with van der Waals surface area (Å²) in [5.74, 6) is -2.47. The lowest BCUT2D eigenvalue weighted by atomic mass is 10.0. The summed E-state index contributed by atoms with van der Waals surface area (Å²) in [4.78, 5) is 50.3. The fourth-order valence-electron chi connectivity index (χ4n) is 3.44. The number of rotatable bonds is 12. The van der Waals surface area contributed by atoms with Gasteiger partial charge in [-0.3, -0.25) is 19.2 Å². The molecule has 0 aromatic carbocycles. The molecule has 1 fully saturated rings. The van der Waals surface area contributed by atoms with Crippen LogP contribution < -0.4 is 21.7 Å². The average molecular weight is 414 g/mol. The number of likely N-dealkylation sites (N-methyl/N-ethyl adjacent to an activating group) is 1. The Morgan fingerprint density at radius 3 is 2.45 bits per heavy atom. The molecule has 1 saturated heterocycles. The first-order chi connectivity index (χ1) is 13.7. The summed E-state index contributed by atoms with van der Waals surface area (Å²) >= 11 is 0. The van der Waals surface area contributed by atoms with Crippen LogP contribution in [0.25, 0.3) is 0 Å². The first-order valence-corrected chi connectivity index (χ1v) is 10.2. The zero-order valence-electron chi connectivity index (χ0n) is 17.6. The van der Waals surface area contributed by atoms with Crippen molar-refractivity contribution in [2.24, 2.45) is 11.7 Å². The Kier molecular flexibility index (Phi) is 10.6. The van der Waals surface area contributed by atoms with Gasteiger partial charge in [-0.15, -0.1) is 0 Å². The molecule has 6 N–H and O–H groups in total. The highest BCUT2D eigenvalue weighted by molar-refractivity contribution is 5.94. The van der Waals surface area contributed by atoms with E-state index in [4.69, 9.17) is 10.8 Å². The first kappa shape index (κ1) is 24.8. The fraction of sp³-hybridized carbons (Fsp3) is 0.789. The van der Waals surface area contributed by atoms with E-state index in [1.54, 1.807) is 25.8 Å². The number of carbonyl (C=O) groups excluding carboxylic acids is 3. The minimum atomic E-state index is -1.16. The van der Waals surface area contributed by atoms with E-state index in [2.05, 4.69) is 16.0 Å². The molecule has 3 atom stereocenters. The number of hydrogen-bond acceptors (Lipinski definition) is 6. The van der Waals surface area contributed by atoms with Gasteiger partial charge in [-0.05, 0) is 45.2 Å². The maximum Gasteiger partial charge on any atom is 0.322 e. The Morgan fingerprint density at radius 1 is 1.21 bits per heavy atom. The van der Waals surface area contributed by atoms with E-state index in [9.17, 15) is 19.2 Å². The van der Waals surface area contributed by atoms with Crippen LogP contribution in [0.15, 0.2) is 0 Å². The van der Waals surface area contributed by atoms with Crippen molar-refractivity contribution in [3.63, 3.8) is 0 Å². The Hall–Kier alpha value is -2.20. The van der Waals surface area contributed by atoms with E-state index >= 15 is 0 Å². The fourth-order valence-corrected chi connectivity index (χ4v) is 3.44. The summed E-state index contributed by atoms with van der Waals surface area (Å²) < 4.78 is 0. The van der Waals surface area contributed by atoms with Gasteiger partial charge in [-0.25, -0.2) is 0 Å². The summed E-state index contributed by atoms with van der Waals surface area (Å²) in [7, 11) is 1.72. The van der Waals surface area contributed by atoms with Crippen molar-refractivity contribution in [2.75, 3.05) is 26.7 Å². The number of amides is 3. The van der Waals surface area contributed by atoms with Crippen molar-refractivity contribution in [1.29, 1.82) is 0 Å². The molecular weight excluding hydrogens is 378 g/mol. The molecular formula is C19H35N5O5. The maximum atomic E-state index is 12.9. The summed E-state index contributed by atoms with van der Waals surface area (Å²) in [5.41, 5.74) is 5.52. The molecule has 29 heavy (non-hydrogen) atoms. The topological polar surface area (TPSA) is 154 Å².